The van der Waals surface area contributed by atoms with Crippen molar-refractivity contribution in [3.8, 4) is 5.75 Å². The lowest BCUT2D eigenvalue weighted by Crippen LogP contribution is -2.10. The maximum absolute atomic E-state index is 12.7. The monoisotopic (exact) mass is 410 g/mol. The zero-order valence-electron chi connectivity index (χ0n) is 19.0. The number of esters is 1. The van der Waals surface area contributed by atoms with E-state index in [-0.39, 0.29) is 12.1 Å². The summed E-state index contributed by atoms with van der Waals surface area (Å²) in [6.07, 6.45) is 10.7. The molecule has 0 radical (unpaired) electrons. The summed E-state index contributed by atoms with van der Waals surface area (Å²) in [5, 5.41) is 0. The van der Waals surface area contributed by atoms with Gasteiger partial charge < -0.3 is 9.47 Å². The quantitative estimate of drug-likeness (QED) is 0.182. The van der Waals surface area contributed by atoms with Gasteiger partial charge in [0, 0.05) is 6.61 Å². The van der Waals surface area contributed by atoms with Crippen molar-refractivity contribution < 1.29 is 14.3 Å². The molecule has 0 spiro atoms. The summed E-state index contributed by atoms with van der Waals surface area (Å²) in [6, 6.07) is 15.5. The van der Waals surface area contributed by atoms with Crippen molar-refractivity contribution >= 4 is 5.97 Å². The van der Waals surface area contributed by atoms with Crippen LogP contribution in [-0.2, 0) is 11.2 Å². The highest BCUT2D eigenvalue weighted by molar-refractivity contribution is 5.91. The first-order valence-corrected chi connectivity index (χ1v) is 11.7. The fraction of sp³-hybridized carbons (Fsp3) is 0.519. The molecule has 164 valence electrons. The Balaban J connectivity index is 1.89. The van der Waals surface area contributed by atoms with Crippen LogP contribution in [-0.4, -0.2) is 12.6 Å². The summed E-state index contributed by atoms with van der Waals surface area (Å²) in [6.45, 7) is 7.19. The Morgan fingerprint density at radius 1 is 0.833 bits per heavy atom. The van der Waals surface area contributed by atoms with Crippen LogP contribution in [0.3, 0.4) is 0 Å². The summed E-state index contributed by atoms with van der Waals surface area (Å²) < 4.78 is 11.6. The lowest BCUT2D eigenvalue weighted by molar-refractivity contribution is 0.0635. The van der Waals surface area contributed by atoms with Crippen molar-refractivity contribution in [2.75, 3.05) is 6.61 Å². The molecule has 1 unspecified atom stereocenters. The average molecular weight is 411 g/mol. The molecule has 0 aliphatic rings. The first-order valence-electron chi connectivity index (χ1n) is 11.7. The predicted octanol–water partition coefficient (Wildman–Crippen LogP) is 7.69. The molecule has 0 bridgehead atoms. The third kappa shape index (κ3) is 8.31. The van der Waals surface area contributed by atoms with Crippen LogP contribution in [0.15, 0.2) is 48.5 Å². The maximum atomic E-state index is 12.7. The molecule has 1 atom stereocenters. The standard InChI is InChI=1S/C27H38O3/c1-4-6-8-9-10-11-14-24-15-12-13-16-26(24)30-27(28)25-19-17-23(18-20-25)22(3)29-21-7-5-2/h12-13,15-20,22H,4-11,14,21H2,1-3H3. The summed E-state index contributed by atoms with van der Waals surface area (Å²) in [5.41, 5.74) is 2.75. The van der Waals surface area contributed by atoms with Crippen LogP contribution < -0.4 is 4.74 Å². The van der Waals surface area contributed by atoms with Crippen LogP contribution in [0.4, 0.5) is 0 Å². The fourth-order valence-corrected chi connectivity index (χ4v) is 3.46. The van der Waals surface area contributed by atoms with Crippen LogP contribution in [0.2, 0.25) is 0 Å². The number of aryl methyl sites for hydroxylation is 1. The molecular weight excluding hydrogens is 372 g/mol. The minimum Gasteiger partial charge on any atom is -0.423 e. The Morgan fingerprint density at radius 3 is 2.23 bits per heavy atom. The number of benzene rings is 2. The predicted molar refractivity (Wildman–Crippen MR) is 124 cm³/mol. The summed E-state index contributed by atoms with van der Waals surface area (Å²) in [7, 11) is 0. The molecule has 0 fully saturated rings. The molecule has 0 aromatic heterocycles. The second-order valence-electron chi connectivity index (χ2n) is 8.00. The largest absolute Gasteiger partial charge is 0.423 e. The minimum absolute atomic E-state index is 0.0275. The van der Waals surface area contributed by atoms with E-state index in [9.17, 15) is 4.79 Å². The molecule has 2 rings (SSSR count). The van der Waals surface area contributed by atoms with E-state index in [0.717, 1.165) is 43.4 Å². The van der Waals surface area contributed by atoms with Gasteiger partial charge in [0.2, 0.25) is 0 Å². The Morgan fingerprint density at radius 2 is 1.50 bits per heavy atom. The van der Waals surface area contributed by atoms with Gasteiger partial charge in [-0.05, 0) is 55.5 Å². The lowest BCUT2D eigenvalue weighted by atomic mass is 10.0. The third-order valence-electron chi connectivity index (χ3n) is 5.46. The van der Waals surface area contributed by atoms with Crippen molar-refractivity contribution in [1.29, 1.82) is 0 Å². The highest BCUT2D eigenvalue weighted by Gasteiger charge is 2.13. The molecule has 0 aliphatic carbocycles. The van der Waals surface area contributed by atoms with Gasteiger partial charge >= 0.3 is 5.97 Å². The van der Waals surface area contributed by atoms with Crippen LogP contribution in [0, 0.1) is 0 Å². The lowest BCUT2D eigenvalue weighted by Gasteiger charge is -2.14. The van der Waals surface area contributed by atoms with Crippen molar-refractivity contribution in [2.45, 2.75) is 84.7 Å². The number of carbonyl (C=O) groups is 1. The number of para-hydroxylation sites is 1. The Kier molecular flexibility index (Phi) is 11.2. The molecule has 3 nitrogen and oxygen atoms in total. The van der Waals surface area contributed by atoms with Gasteiger partial charge in [0.25, 0.3) is 0 Å². The van der Waals surface area contributed by atoms with E-state index in [1.807, 2.05) is 49.4 Å². The van der Waals surface area contributed by atoms with Gasteiger partial charge in [-0.25, -0.2) is 4.79 Å². The number of rotatable bonds is 14. The van der Waals surface area contributed by atoms with Crippen molar-refractivity contribution in [1.82, 2.24) is 0 Å². The number of unbranched alkanes of at least 4 members (excludes halogenated alkanes) is 6. The molecule has 0 N–H and O–H groups in total. The van der Waals surface area contributed by atoms with Gasteiger partial charge in [-0.1, -0.05) is 82.7 Å². The molecule has 0 aliphatic heterocycles. The number of hydrogen-bond acceptors (Lipinski definition) is 3. The molecule has 0 heterocycles. The van der Waals surface area contributed by atoms with Crippen LogP contribution in [0.1, 0.15) is 99.7 Å². The van der Waals surface area contributed by atoms with E-state index in [2.05, 4.69) is 19.9 Å². The number of ether oxygens (including phenoxy) is 2. The van der Waals surface area contributed by atoms with Crippen molar-refractivity contribution in [3.05, 3.63) is 65.2 Å². The van der Waals surface area contributed by atoms with Crippen molar-refractivity contribution in [3.63, 3.8) is 0 Å². The third-order valence-corrected chi connectivity index (χ3v) is 5.46. The zero-order valence-corrected chi connectivity index (χ0v) is 19.0. The smallest absolute Gasteiger partial charge is 0.343 e. The summed E-state index contributed by atoms with van der Waals surface area (Å²) >= 11 is 0. The Hall–Kier alpha value is -2.13. The molecule has 2 aromatic rings. The molecule has 2 aromatic carbocycles. The second-order valence-corrected chi connectivity index (χ2v) is 8.00. The van der Waals surface area contributed by atoms with Gasteiger partial charge in [-0.3, -0.25) is 0 Å². The highest BCUT2D eigenvalue weighted by atomic mass is 16.5. The van der Waals surface area contributed by atoms with Crippen molar-refractivity contribution in [2.24, 2.45) is 0 Å². The van der Waals surface area contributed by atoms with E-state index in [0.29, 0.717) is 11.3 Å². The van der Waals surface area contributed by atoms with Gasteiger partial charge in [0.05, 0.1) is 11.7 Å². The van der Waals surface area contributed by atoms with Crippen LogP contribution in [0.25, 0.3) is 0 Å². The number of carbonyl (C=O) groups excluding carboxylic acids is 1. The second kappa shape index (κ2) is 14.0. The van der Waals surface area contributed by atoms with Crippen LogP contribution in [0.5, 0.6) is 5.75 Å². The number of hydrogen-bond donors (Lipinski definition) is 0. The Labute approximate surface area is 182 Å². The van der Waals surface area contributed by atoms with E-state index >= 15 is 0 Å². The van der Waals surface area contributed by atoms with E-state index in [1.165, 1.54) is 32.1 Å². The maximum Gasteiger partial charge on any atom is 0.343 e. The van der Waals surface area contributed by atoms with E-state index < -0.39 is 0 Å². The van der Waals surface area contributed by atoms with Gasteiger partial charge in [0.1, 0.15) is 5.75 Å². The van der Waals surface area contributed by atoms with E-state index in [1.54, 1.807) is 0 Å². The molecule has 3 heteroatoms. The van der Waals surface area contributed by atoms with Gasteiger partial charge in [0.15, 0.2) is 0 Å². The summed E-state index contributed by atoms with van der Waals surface area (Å²) in [5.74, 6) is 0.368. The molecule has 30 heavy (non-hydrogen) atoms. The fourth-order valence-electron chi connectivity index (χ4n) is 3.46. The molecular formula is C27H38O3. The molecule has 0 amide bonds. The molecule has 0 saturated carbocycles. The SMILES string of the molecule is CCCCCCCCc1ccccc1OC(=O)c1ccc(C(C)OCCCC)cc1. The zero-order chi connectivity index (χ0) is 21.6. The minimum atomic E-state index is -0.309. The summed E-state index contributed by atoms with van der Waals surface area (Å²) in [4.78, 5) is 12.7. The highest BCUT2D eigenvalue weighted by Crippen LogP contribution is 2.23. The topological polar surface area (TPSA) is 35.5 Å². The first-order chi connectivity index (χ1) is 14.7. The van der Waals surface area contributed by atoms with Gasteiger partial charge in [-0.15, -0.1) is 0 Å². The first kappa shape index (κ1) is 24.1. The van der Waals surface area contributed by atoms with Gasteiger partial charge in [-0.2, -0.15) is 0 Å². The average Bonchev–Trinajstić information content (AvgIpc) is 2.77. The van der Waals surface area contributed by atoms with Crippen LogP contribution >= 0.6 is 0 Å². The van der Waals surface area contributed by atoms with E-state index in [4.69, 9.17) is 9.47 Å². The normalized spacial score (nSPS) is 12.0. The Bertz CT molecular complexity index is 736. The molecule has 0 saturated heterocycles.